The number of hydrogen-bond donors (Lipinski definition) is 1. The third-order valence-corrected chi connectivity index (χ3v) is 4.26. The third kappa shape index (κ3) is 4.29. The van der Waals surface area contributed by atoms with Gasteiger partial charge in [-0.15, -0.1) is 0 Å². The number of hydrazone groups is 1. The van der Waals surface area contributed by atoms with Gasteiger partial charge in [0.25, 0.3) is 0 Å². The largest absolute Gasteiger partial charge is 0.494 e. The van der Waals surface area contributed by atoms with Crippen molar-refractivity contribution in [3.8, 4) is 5.75 Å². The Morgan fingerprint density at radius 3 is 2.78 bits per heavy atom. The van der Waals surface area contributed by atoms with E-state index in [1.54, 1.807) is 17.6 Å². The highest BCUT2D eigenvalue weighted by molar-refractivity contribution is 7.22. The van der Waals surface area contributed by atoms with Gasteiger partial charge in [0.1, 0.15) is 5.75 Å². The summed E-state index contributed by atoms with van der Waals surface area (Å²) in [5.74, 6) is 0.898. The fourth-order valence-electron chi connectivity index (χ4n) is 2.07. The van der Waals surface area contributed by atoms with Crippen LogP contribution in [0.4, 0.5) is 5.13 Å². The molecular weight excluding hydrogens is 306 g/mol. The van der Waals surface area contributed by atoms with E-state index >= 15 is 0 Å². The maximum absolute atomic E-state index is 5.64. The van der Waals surface area contributed by atoms with E-state index in [-0.39, 0.29) is 0 Å². The maximum atomic E-state index is 5.64. The number of nitrogens with zero attached hydrogens (tertiary/aromatic N) is 2. The highest BCUT2D eigenvalue weighted by Gasteiger charge is 2.00. The first kappa shape index (κ1) is 15.5. The van der Waals surface area contributed by atoms with Crippen molar-refractivity contribution in [1.29, 1.82) is 0 Å². The van der Waals surface area contributed by atoms with Gasteiger partial charge >= 0.3 is 0 Å². The number of ether oxygens (including phenoxy) is 1. The summed E-state index contributed by atoms with van der Waals surface area (Å²) >= 11 is 1.59. The van der Waals surface area contributed by atoms with Gasteiger partial charge in [0.2, 0.25) is 5.13 Å². The zero-order chi connectivity index (χ0) is 15.9. The normalized spacial score (nSPS) is 11.2. The predicted molar refractivity (Wildman–Crippen MR) is 97.7 cm³/mol. The molecule has 1 N–H and O–H groups in total. The number of anilines is 1. The van der Waals surface area contributed by atoms with Crippen LogP contribution in [0.5, 0.6) is 5.75 Å². The lowest BCUT2D eigenvalue weighted by atomic mass is 10.2. The number of benzene rings is 2. The van der Waals surface area contributed by atoms with Crippen molar-refractivity contribution in [3.63, 3.8) is 0 Å². The second kappa shape index (κ2) is 7.74. The number of thiazole rings is 1. The molecule has 0 saturated heterocycles. The minimum atomic E-state index is 0.767. The lowest BCUT2D eigenvalue weighted by Gasteiger charge is -2.04. The zero-order valence-electron chi connectivity index (χ0n) is 13.0. The van der Waals surface area contributed by atoms with Crippen LogP contribution in [0.1, 0.15) is 25.3 Å². The molecule has 0 saturated carbocycles. The lowest BCUT2D eigenvalue weighted by molar-refractivity contribution is 0.309. The molecule has 0 unspecified atom stereocenters. The Balaban J connectivity index is 1.57. The first-order chi connectivity index (χ1) is 11.3. The SMILES string of the molecule is CCCCOc1ccc(/C=N/Nc2nc3ccccc3s2)cc1. The molecule has 5 heteroatoms. The van der Waals surface area contributed by atoms with Crippen LogP contribution in [0.25, 0.3) is 10.2 Å². The van der Waals surface area contributed by atoms with Crippen molar-refractivity contribution in [2.75, 3.05) is 12.0 Å². The van der Waals surface area contributed by atoms with Gasteiger partial charge in [-0.3, -0.25) is 5.43 Å². The summed E-state index contributed by atoms with van der Waals surface area (Å²) in [6.07, 6.45) is 4.00. The molecule has 0 atom stereocenters. The average molecular weight is 325 g/mol. The molecular formula is C18H19N3OS. The van der Waals surface area contributed by atoms with E-state index in [4.69, 9.17) is 4.74 Å². The molecule has 23 heavy (non-hydrogen) atoms. The fourth-order valence-corrected chi connectivity index (χ4v) is 2.88. The Morgan fingerprint density at radius 1 is 1.17 bits per heavy atom. The quantitative estimate of drug-likeness (QED) is 0.381. The van der Waals surface area contributed by atoms with Crippen LogP contribution in [0, 0.1) is 0 Å². The Morgan fingerprint density at radius 2 is 2.00 bits per heavy atom. The van der Waals surface area contributed by atoms with Crippen LogP contribution in [-0.4, -0.2) is 17.8 Å². The first-order valence-corrected chi connectivity index (χ1v) is 8.54. The zero-order valence-corrected chi connectivity index (χ0v) is 13.8. The number of rotatable bonds is 7. The topological polar surface area (TPSA) is 46.5 Å². The predicted octanol–water partition coefficient (Wildman–Crippen LogP) is 4.92. The van der Waals surface area contributed by atoms with E-state index in [9.17, 15) is 0 Å². The third-order valence-electron chi connectivity index (χ3n) is 3.31. The van der Waals surface area contributed by atoms with Crippen LogP contribution in [0.3, 0.4) is 0 Å². The van der Waals surface area contributed by atoms with Crippen molar-refractivity contribution >= 4 is 32.9 Å². The van der Waals surface area contributed by atoms with E-state index in [1.165, 1.54) is 0 Å². The molecule has 0 aliphatic carbocycles. The van der Waals surface area contributed by atoms with Crippen LogP contribution >= 0.6 is 11.3 Å². The molecule has 1 aromatic heterocycles. The molecule has 3 aromatic rings. The van der Waals surface area contributed by atoms with Crippen molar-refractivity contribution < 1.29 is 4.74 Å². The van der Waals surface area contributed by atoms with Gasteiger partial charge in [-0.25, -0.2) is 4.98 Å². The molecule has 3 rings (SSSR count). The van der Waals surface area contributed by atoms with E-state index in [1.807, 2.05) is 42.5 Å². The van der Waals surface area contributed by atoms with Gasteiger partial charge in [-0.2, -0.15) is 5.10 Å². The summed E-state index contributed by atoms with van der Waals surface area (Å²) in [7, 11) is 0. The van der Waals surface area contributed by atoms with E-state index < -0.39 is 0 Å². The number of hydrogen-bond acceptors (Lipinski definition) is 5. The van der Waals surface area contributed by atoms with E-state index in [2.05, 4.69) is 28.5 Å². The maximum Gasteiger partial charge on any atom is 0.204 e. The molecule has 0 fully saturated rings. The highest BCUT2D eigenvalue weighted by Crippen LogP contribution is 2.25. The van der Waals surface area contributed by atoms with Crippen LogP contribution in [0.15, 0.2) is 53.6 Å². The number of unbranched alkanes of at least 4 members (excludes halogenated alkanes) is 1. The minimum absolute atomic E-state index is 0.767. The monoisotopic (exact) mass is 325 g/mol. The molecule has 0 amide bonds. The number of fused-ring (bicyclic) bond motifs is 1. The van der Waals surface area contributed by atoms with Crippen LogP contribution in [0.2, 0.25) is 0 Å². The van der Waals surface area contributed by atoms with Crippen LogP contribution < -0.4 is 10.2 Å². The van der Waals surface area contributed by atoms with Crippen molar-refractivity contribution in [2.24, 2.45) is 5.10 Å². The Bertz CT molecular complexity index is 747. The summed E-state index contributed by atoms with van der Waals surface area (Å²) < 4.78 is 6.79. The summed E-state index contributed by atoms with van der Waals surface area (Å²) in [5, 5.41) is 5.04. The van der Waals surface area contributed by atoms with Gasteiger partial charge in [0, 0.05) is 0 Å². The van der Waals surface area contributed by atoms with Gasteiger partial charge in [-0.1, -0.05) is 36.8 Å². The van der Waals surface area contributed by atoms with Crippen LogP contribution in [-0.2, 0) is 0 Å². The van der Waals surface area contributed by atoms with Crippen molar-refractivity contribution in [2.45, 2.75) is 19.8 Å². The van der Waals surface area contributed by atoms with Crippen molar-refractivity contribution in [1.82, 2.24) is 4.98 Å². The average Bonchev–Trinajstić information content (AvgIpc) is 2.99. The molecule has 0 radical (unpaired) electrons. The second-order valence-corrected chi connectivity index (χ2v) is 6.16. The number of aromatic nitrogens is 1. The highest BCUT2D eigenvalue weighted by atomic mass is 32.1. The fraction of sp³-hybridized carbons (Fsp3) is 0.222. The van der Waals surface area contributed by atoms with Gasteiger partial charge in [0.05, 0.1) is 23.0 Å². The minimum Gasteiger partial charge on any atom is -0.494 e. The molecule has 0 bridgehead atoms. The Hall–Kier alpha value is -2.40. The van der Waals surface area contributed by atoms with Crippen molar-refractivity contribution in [3.05, 3.63) is 54.1 Å². The summed E-state index contributed by atoms with van der Waals surface area (Å²) in [6, 6.07) is 16.0. The lowest BCUT2D eigenvalue weighted by Crippen LogP contribution is -1.96. The molecule has 2 aromatic carbocycles. The molecule has 0 aliphatic rings. The van der Waals surface area contributed by atoms with E-state index in [0.29, 0.717) is 0 Å². The molecule has 4 nitrogen and oxygen atoms in total. The first-order valence-electron chi connectivity index (χ1n) is 7.72. The Kier molecular flexibility index (Phi) is 5.21. The smallest absolute Gasteiger partial charge is 0.204 e. The number of para-hydroxylation sites is 1. The molecule has 0 spiro atoms. The summed E-state index contributed by atoms with van der Waals surface area (Å²) in [5.41, 5.74) is 4.99. The standard InChI is InChI=1S/C18H19N3OS/c1-2-3-12-22-15-10-8-14(9-11-15)13-19-21-18-20-16-6-4-5-7-17(16)23-18/h4-11,13H,2-3,12H2,1H3,(H,20,21)/b19-13+. The van der Waals surface area contributed by atoms with Gasteiger partial charge < -0.3 is 4.74 Å². The summed E-state index contributed by atoms with van der Waals surface area (Å²) in [6.45, 7) is 2.92. The second-order valence-electron chi connectivity index (χ2n) is 5.13. The molecule has 118 valence electrons. The summed E-state index contributed by atoms with van der Waals surface area (Å²) in [4.78, 5) is 4.47. The van der Waals surface area contributed by atoms with Gasteiger partial charge in [0.15, 0.2) is 0 Å². The van der Waals surface area contributed by atoms with Gasteiger partial charge in [-0.05, 0) is 48.4 Å². The molecule has 0 aliphatic heterocycles. The Labute approximate surface area is 139 Å². The van der Waals surface area contributed by atoms with E-state index in [0.717, 1.165) is 46.1 Å². The molecule has 1 heterocycles. The number of nitrogens with one attached hydrogen (secondary N) is 1.